The van der Waals surface area contributed by atoms with Gasteiger partial charge in [-0.05, 0) is 42.3 Å². The van der Waals surface area contributed by atoms with Crippen molar-refractivity contribution in [3.63, 3.8) is 0 Å². The number of rotatable bonds is 4. The van der Waals surface area contributed by atoms with E-state index in [0.717, 1.165) is 24.8 Å². The fraction of sp³-hybridized carbons (Fsp3) is 0.364. The van der Waals surface area contributed by atoms with Crippen molar-refractivity contribution in [1.82, 2.24) is 0 Å². The molecule has 0 saturated heterocycles. The van der Waals surface area contributed by atoms with Crippen LogP contribution in [-0.2, 0) is 6.42 Å². The van der Waals surface area contributed by atoms with Gasteiger partial charge in [0.2, 0.25) is 0 Å². The van der Waals surface area contributed by atoms with E-state index in [1.165, 1.54) is 6.07 Å². The molecular weight excluding hydrogens is 221 g/mol. The van der Waals surface area contributed by atoms with Crippen LogP contribution < -0.4 is 0 Å². The summed E-state index contributed by atoms with van der Waals surface area (Å²) < 4.78 is 36.2. The second-order valence-corrected chi connectivity index (χ2v) is 4.29. The second kappa shape index (κ2) is 5.45. The SMILES string of the molecule is [CH2]CCCc1cccc(SC(F)(F)F)c1. The lowest BCUT2D eigenvalue weighted by Gasteiger charge is -2.07. The molecule has 0 unspecified atom stereocenters. The summed E-state index contributed by atoms with van der Waals surface area (Å²) in [5, 5.41) is 0. The standard InChI is InChI=1S/C11H12F3S/c1-2-3-5-9-6-4-7-10(8-9)15-11(12,13)14/h4,6-8H,1-3,5H2. The molecule has 15 heavy (non-hydrogen) atoms. The molecule has 0 heterocycles. The molecule has 0 fully saturated rings. The van der Waals surface area contributed by atoms with Crippen LogP contribution in [0.4, 0.5) is 13.2 Å². The van der Waals surface area contributed by atoms with E-state index < -0.39 is 5.51 Å². The van der Waals surface area contributed by atoms with Gasteiger partial charge in [0.05, 0.1) is 0 Å². The van der Waals surface area contributed by atoms with Gasteiger partial charge >= 0.3 is 5.51 Å². The molecule has 0 aromatic heterocycles. The first-order valence-electron chi connectivity index (χ1n) is 4.65. The van der Waals surface area contributed by atoms with Crippen LogP contribution in [0.3, 0.4) is 0 Å². The highest BCUT2D eigenvalue weighted by Crippen LogP contribution is 2.36. The van der Waals surface area contributed by atoms with Crippen molar-refractivity contribution >= 4 is 11.8 Å². The summed E-state index contributed by atoms with van der Waals surface area (Å²) in [5.41, 5.74) is -3.27. The Morgan fingerprint density at radius 1 is 1.27 bits per heavy atom. The van der Waals surface area contributed by atoms with E-state index in [0.29, 0.717) is 0 Å². The average Bonchev–Trinajstić information content (AvgIpc) is 2.12. The van der Waals surface area contributed by atoms with Crippen molar-refractivity contribution in [2.75, 3.05) is 0 Å². The molecule has 0 aliphatic heterocycles. The van der Waals surface area contributed by atoms with Crippen LogP contribution in [0.5, 0.6) is 0 Å². The highest BCUT2D eigenvalue weighted by molar-refractivity contribution is 8.00. The van der Waals surface area contributed by atoms with Crippen molar-refractivity contribution in [3.8, 4) is 0 Å². The summed E-state index contributed by atoms with van der Waals surface area (Å²) in [6.07, 6.45) is 2.49. The quantitative estimate of drug-likeness (QED) is 0.692. The summed E-state index contributed by atoms with van der Waals surface area (Å²) in [4.78, 5) is 0.254. The Bertz CT molecular complexity index is 307. The number of thioether (sulfide) groups is 1. The lowest BCUT2D eigenvalue weighted by Crippen LogP contribution is -1.99. The Kier molecular flexibility index (Phi) is 4.51. The molecular formula is C11H12F3S. The maximum absolute atomic E-state index is 12.1. The minimum atomic E-state index is -4.20. The van der Waals surface area contributed by atoms with Gasteiger partial charge in [-0.2, -0.15) is 13.2 Å². The number of unbranched alkanes of at least 4 members (excludes halogenated alkanes) is 1. The predicted octanol–water partition coefficient (Wildman–Crippen LogP) is 4.46. The number of hydrogen-bond donors (Lipinski definition) is 0. The molecule has 0 bridgehead atoms. The molecule has 83 valence electrons. The molecule has 0 saturated carbocycles. The monoisotopic (exact) mass is 233 g/mol. The zero-order valence-electron chi connectivity index (χ0n) is 8.18. The molecule has 0 N–H and O–H groups in total. The van der Waals surface area contributed by atoms with Gasteiger partial charge in [-0.25, -0.2) is 0 Å². The molecule has 0 aliphatic carbocycles. The van der Waals surface area contributed by atoms with Gasteiger partial charge in [-0.15, -0.1) is 0 Å². The summed E-state index contributed by atoms with van der Waals surface area (Å²) in [5.74, 6) is 0. The van der Waals surface area contributed by atoms with Crippen molar-refractivity contribution in [2.45, 2.75) is 29.7 Å². The molecule has 1 rings (SSSR count). The number of alkyl halides is 3. The molecule has 1 radical (unpaired) electrons. The minimum absolute atomic E-state index is 0.0673. The Balaban J connectivity index is 2.66. The van der Waals surface area contributed by atoms with Crippen LogP contribution in [-0.4, -0.2) is 5.51 Å². The molecule has 1 aromatic rings. The fourth-order valence-electron chi connectivity index (χ4n) is 1.23. The lowest BCUT2D eigenvalue weighted by molar-refractivity contribution is -0.0328. The third kappa shape index (κ3) is 5.11. The van der Waals surface area contributed by atoms with Crippen molar-refractivity contribution in [1.29, 1.82) is 0 Å². The first-order chi connectivity index (χ1) is 7.01. The maximum atomic E-state index is 12.1. The van der Waals surface area contributed by atoms with Crippen LogP contribution in [0.2, 0.25) is 0 Å². The van der Waals surface area contributed by atoms with E-state index in [1.807, 2.05) is 6.07 Å². The van der Waals surface area contributed by atoms with Crippen molar-refractivity contribution in [3.05, 3.63) is 36.8 Å². The topological polar surface area (TPSA) is 0 Å². The predicted molar refractivity (Wildman–Crippen MR) is 56.6 cm³/mol. The van der Waals surface area contributed by atoms with Crippen LogP contribution >= 0.6 is 11.8 Å². The molecule has 0 nitrogen and oxygen atoms in total. The minimum Gasteiger partial charge on any atom is -0.160 e. The van der Waals surface area contributed by atoms with Crippen molar-refractivity contribution < 1.29 is 13.2 Å². The zero-order valence-corrected chi connectivity index (χ0v) is 9.00. The van der Waals surface area contributed by atoms with Crippen molar-refractivity contribution in [2.24, 2.45) is 0 Å². The van der Waals surface area contributed by atoms with E-state index >= 15 is 0 Å². The average molecular weight is 233 g/mol. The highest BCUT2D eigenvalue weighted by atomic mass is 32.2. The maximum Gasteiger partial charge on any atom is 0.446 e. The Labute approximate surface area is 91.9 Å². The van der Waals surface area contributed by atoms with Crippen LogP contribution in [0.15, 0.2) is 29.2 Å². The molecule has 0 amide bonds. The Hall–Kier alpha value is -0.640. The third-order valence-electron chi connectivity index (χ3n) is 1.85. The third-order valence-corrected chi connectivity index (χ3v) is 2.57. The van der Waals surface area contributed by atoms with E-state index in [4.69, 9.17) is 0 Å². The molecule has 0 spiro atoms. The largest absolute Gasteiger partial charge is 0.446 e. The van der Waals surface area contributed by atoms with E-state index in [-0.39, 0.29) is 16.7 Å². The second-order valence-electron chi connectivity index (χ2n) is 3.15. The Morgan fingerprint density at radius 3 is 2.60 bits per heavy atom. The smallest absolute Gasteiger partial charge is 0.160 e. The van der Waals surface area contributed by atoms with Crippen LogP contribution in [0.1, 0.15) is 18.4 Å². The Morgan fingerprint density at radius 2 is 2.00 bits per heavy atom. The number of halogens is 3. The summed E-state index contributed by atoms with van der Waals surface area (Å²) in [6, 6.07) is 6.57. The summed E-state index contributed by atoms with van der Waals surface area (Å²) in [6.45, 7) is 3.70. The van der Waals surface area contributed by atoms with E-state index in [9.17, 15) is 13.2 Å². The molecule has 4 heteroatoms. The van der Waals surface area contributed by atoms with Gasteiger partial charge in [-0.3, -0.25) is 0 Å². The first-order valence-corrected chi connectivity index (χ1v) is 5.47. The number of aryl methyl sites for hydroxylation is 1. The highest BCUT2D eigenvalue weighted by Gasteiger charge is 2.29. The van der Waals surface area contributed by atoms with Gasteiger partial charge in [0.15, 0.2) is 0 Å². The summed E-state index contributed by atoms with van der Waals surface area (Å²) >= 11 is -0.0673. The lowest BCUT2D eigenvalue weighted by atomic mass is 10.1. The fourth-order valence-corrected chi connectivity index (χ4v) is 1.85. The van der Waals surface area contributed by atoms with Crippen LogP contribution in [0.25, 0.3) is 0 Å². The molecule has 1 aromatic carbocycles. The van der Waals surface area contributed by atoms with Crippen LogP contribution in [0, 0.1) is 6.92 Å². The van der Waals surface area contributed by atoms with Gasteiger partial charge in [0.1, 0.15) is 0 Å². The molecule has 0 atom stereocenters. The normalized spacial score (nSPS) is 11.7. The number of hydrogen-bond acceptors (Lipinski definition) is 1. The molecule has 0 aliphatic rings. The van der Waals surface area contributed by atoms with E-state index in [1.54, 1.807) is 12.1 Å². The summed E-state index contributed by atoms with van der Waals surface area (Å²) in [7, 11) is 0. The van der Waals surface area contributed by atoms with Gasteiger partial charge in [0.25, 0.3) is 0 Å². The van der Waals surface area contributed by atoms with E-state index in [2.05, 4.69) is 6.92 Å². The number of benzene rings is 1. The van der Waals surface area contributed by atoms with Gasteiger partial charge in [0, 0.05) is 4.90 Å². The van der Waals surface area contributed by atoms with Gasteiger partial charge in [-0.1, -0.05) is 25.5 Å². The van der Waals surface area contributed by atoms with Gasteiger partial charge < -0.3 is 0 Å². The first kappa shape index (κ1) is 12.4. The zero-order chi connectivity index (χ0) is 11.3.